The summed E-state index contributed by atoms with van der Waals surface area (Å²) in [6.45, 7) is 15.2. The van der Waals surface area contributed by atoms with Gasteiger partial charge in [0.15, 0.2) is 18.4 Å². The van der Waals surface area contributed by atoms with Gasteiger partial charge >= 0.3 is 0 Å². The molecule has 19 atom stereocenters. The number of pyridine rings is 1. The molecule has 1 amide bonds. The molecule has 0 bridgehead atoms. The quantitative estimate of drug-likeness (QED) is 0.0386. The number of amides is 1. The number of methoxy groups -OCH3 is 3. The number of aromatic hydroxyl groups is 1. The molecule has 1 aromatic rings. The van der Waals surface area contributed by atoms with Crippen molar-refractivity contribution >= 4 is 11.7 Å². The monoisotopic (exact) mass is 1110 g/mol. The third-order valence-corrected chi connectivity index (χ3v) is 14.8. The molecule has 1 aromatic heterocycles. The average molecular weight is 1120 g/mol. The van der Waals surface area contributed by atoms with E-state index in [1.807, 2.05) is 6.92 Å². The topological polar surface area (TPSA) is 304 Å². The van der Waals surface area contributed by atoms with Crippen LogP contribution >= 0.6 is 0 Å². The highest BCUT2D eigenvalue weighted by Gasteiger charge is 2.63. The Kier molecular flexibility index (Phi) is 25.6. The van der Waals surface area contributed by atoms with E-state index in [0.717, 1.165) is 0 Å². The van der Waals surface area contributed by atoms with Crippen LogP contribution in [0.15, 0.2) is 113 Å². The van der Waals surface area contributed by atoms with E-state index in [1.165, 1.54) is 64.3 Å². The minimum absolute atomic E-state index is 0.00597. The zero-order chi connectivity index (χ0) is 59.1. The van der Waals surface area contributed by atoms with Gasteiger partial charge in [-0.1, -0.05) is 113 Å². The number of aliphatic hydroxyl groups is 7. The Bertz CT molecular complexity index is 2460. The van der Waals surface area contributed by atoms with E-state index in [0.29, 0.717) is 5.57 Å². The molecule has 9 N–H and O–H groups in total. The van der Waals surface area contributed by atoms with Gasteiger partial charge in [0, 0.05) is 52.5 Å². The molecule has 4 rings (SSSR count). The first-order valence-electron chi connectivity index (χ1n) is 26.5. The number of nitrogens with zero attached hydrogens (tertiary/aromatic N) is 1. The normalized spacial score (nSPS) is 33.1. The fourth-order valence-corrected chi connectivity index (χ4v) is 9.96. The molecule has 0 saturated carbocycles. The largest absolute Gasteiger partial charge is 0.507 e. The smallest absolute Gasteiger partial charge is 0.265 e. The van der Waals surface area contributed by atoms with E-state index in [1.54, 1.807) is 121 Å². The first kappa shape index (κ1) is 66.7. The first-order valence-corrected chi connectivity index (χ1v) is 26.5. The van der Waals surface area contributed by atoms with E-state index in [9.17, 15) is 55.2 Å². The fourth-order valence-electron chi connectivity index (χ4n) is 9.96. The highest BCUT2D eigenvalue weighted by Crippen LogP contribution is 2.47. The van der Waals surface area contributed by atoms with Crippen molar-refractivity contribution in [2.24, 2.45) is 24.3 Å². The zero-order valence-electron chi connectivity index (χ0n) is 47.6. The van der Waals surface area contributed by atoms with Crippen molar-refractivity contribution in [3.05, 3.63) is 124 Å². The second kappa shape index (κ2) is 30.3. The molecule has 21 heteroatoms. The summed E-state index contributed by atoms with van der Waals surface area (Å²) in [5.74, 6) is -6.11. The van der Waals surface area contributed by atoms with E-state index in [-0.39, 0.29) is 24.1 Å². The average Bonchev–Trinajstić information content (AvgIpc) is 3.59. The molecule has 442 valence electrons. The number of aromatic nitrogens is 1. The van der Waals surface area contributed by atoms with Crippen LogP contribution in [0.4, 0.5) is 0 Å². The summed E-state index contributed by atoms with van der Waals surface area (Å²) in [5, 5.41) is 92.3. The molecule has 0 aliphatic carbocycles. The molecule has 3 aliphatic heterocycles. The lowest BCUT2D eigenvalue weighted by Crippen LogP contribution is -2.71. The van der Waals surface area contributed by atoms with E-state index in [4.69, 9.17) is 37.9 Å². The number of carbonyl (C=O) groups excluding carboxylic acids is 2. The number of hydrogen-bond donors (Lipinski definition) is 9. The molecule has 0 radical (unpaired) electrons. The lowest BCUT2D eigenvalue weighted by Gasteiger charge is -2.55. The number of carbonyl (C=O) groups is 2. The van der Waals surface area contributed by atoms with Crippen LogP contribution in [0.3, 0.4) is 0 Å². The fraction of sp³-hybridized carbons (Fsp3) is 0.603. The SMILES string of the molecule is C/C=C\C=C\[C@@H]1O[C@](O)([C@H](CC)C(=O)NC/C=C/C=C(\C)[C@@H](OC)[C@@H](C)[C@H](O)[C@@H](O)\C=C/C=C/C=C/C=C(\C)C(=O)c2c(O)ccn(C)c2=O)[C@H](O)[C@H](O[C@H]2O[C@@H](C)[C@H](O[C@@H]3O[C@@H](C)[C@H](O)[C@@H](O)[C@H]3OC)[C@H](OC)[C@@H]2O)C1(C)C. The number of nitrogens with one attached hydrogen (secondary N) is 1. The van der Waals surface area contributed by atoms with Crippen molar-refractivity contribution in [3.63, 3.8) is 0 Å². The Balaban J connectivity index is 1.41. The highest BCUT2D eigenvalue weighted by molar-refractivity contribution is 6.09. The number of allylic oxidation sites excluding steroid dienone is 12. The number of rotatable bonds is 25. The number of hydrogen-bond acceptors (Lipinski definition) is 19. The number of Topliss-reactive ketones (excluding diaryl/α,β-unsaturated/α-hetero) is 1. The molecular formula is C58H86N2O19. The van der Waals surface area contributed by atoms with Crippen molar-refractivity contribution in [2.75, 3.05) is 27.9 Å². The van der Waals surface area contributed by atoms with Crippen molar-refractivity contribution in [2.45, 2.75) is 173 Å². The summed E-state index contributed by atoms with van der Waals surface area (Å²) >= 11 is 0. The maximum atomic E-state index is 14.0. The molecular weight excluding hydrogens is 1030 g/mol. The molecule has 79 heavy (non-hydrogen) atoms. The van der Waals surface area contributed by atoms with Gasteiger partial charge in [0.25, 0.3) is 5.56 Å². The predicted molar refractivity (Wildman–Crippen MR) is 292 cm³/mol. The van der Waals surface area contributed by atoms with Crippen LogP contribution in [0.25, 0.3) is 0 Å². The van der Waals surface area contributed by atoms with Gasteiger partial charge in [0.1, 0.15) is 54.0 Å². The maximum Gasteiger partial charge on any atom is 0.265 e. The van der Waals surface area contributed by atoms with Gasteiger partial charge in [-0.25, -0.2) is 0 Å². The predicted octanol–water partition coefficient (Wildman–Crippen LogP) is 2.89. The molecule has 3 aliphatic rings. The van der Waals surface area contributed by atoms with Crippen molar-refractivity contribution < 1.29 is 88.3 Å². The minimum atomic E-state index is -2.54. The van der Waals surface area contributed by atoms with Crippen LogP contribution in [0.2, 0.25) is 0 Å². The van der Waals surface area contributed by atoms with E-state index >= 15 is 0 Å². The Labute approximate surface area is 463 Å². The molecule has 0 aromatic carbocycles. The number of aryl methyl sites for hydroxylation is 1. The van der Waals surface area contributed by atoms with E-state index in [2.05, 4.69) is 5.32 Å². The first-order chi connectivity index (χ1) is 37.3. The third kappa shape index (κ3) is 16.0. The van der Waals surface area contributed by atoms with Crippen LogP contribution in [-0.4, -0.2) is 189 Å². The van der Waals surface area contributed by atoms with Gasteiger partial charge in [0.2, 0.25) is 11.7 Å². The van der Waals surface area contributed by atoms with Crippen molar-refractivity contribution in [1.82, 2.24) is 9.88 Å². The van der Waals surface area contributed by atoms with Crippen LogP contribution in [-0.2, 0) is 49.7 Å². The van der Waals surface area contributed by atoms with Gasteiger partial charge in [0.05, 0.1) is 48.6 Å². The van der Waals surface area contributed by atoms with Crippen LogP contribution in [0.5, 0.6) is 5.75 Å². The standard InChI is InChI=1S/C58H86N2O19/c1-14-16-20-28-40-57(8,9)52(78-55-46(67)49(73-12)48(36(7)76-55)77-56-50(74-13)45(66)44(65)35(6)75-56)51(68)58(71,79-40)37(15-2)53(69)59-30-24-23-26-33(4)47(72-11)34(5)43(64)39(62)27-22-19-17-18-21-25-32(3)42(63)41-38(61)29-31-60(10)54(41)70/h14,16-29,31,34-37,39-40,43-52,55-56,61-62,64-68,71H,15,30H2,1-13H3,(H,59,69)/b16-14-,19-17+,21-18+,24-23+,27-22-,28-20+,32-25+,33-26+/t34-,35-,36-,37+,39-,40-,43-,44-,45+,46-,47+,48-,49+,50+,51+,52-,55+,56-,58+/m0/s1. The van der Waals surface area contributed by atoms with Crippen molar-refractivity contribution in [3.8, 4) is 5.75 Å². The Morgan fingerprint density at radius 1 is 0.848 bits per heavy atom. The third-order valence-electron chi connectivity index (χ3n) is 14.8. The van der Waals surface area contributed by atoms with Gasteiger partial charge in [-0.15, -0.1) is 0 Å². The van der Waals surface area contributed by atoms with Gasteiger partial charge in [-0.05, 0) is 58.3 Å². The molecule has 0 spiro atoms. The van der Waals surface area contributed by atoms with Gasteiger partial charge in [-0.2, -0.15) is 0 Å². The summed E-state index contributed by atoms with van der Waals surface area (Å²) < 4.78 is 49.2. The second-order valence-corrected chi connectivity index (χ2v) is 20.8. The Morgan fingerprint density at radius 2 is 1.49 bits per heavy atom. The van der Waals surface area contributed by atoms with Crippen LogP contribution < -0.4 is 10.9 Å². The minimum Gasteiger partial charge on any atom is -0.507 e. The Hall–Kier alpha value is -4.79. The van der Waals surface area contributed by atoms with Crippen molar-refractivity contribution in [1.29, 1.82) is 0 Å². The molecule has 21 nitrogen and oxygen atoms in total. The lowest BCUT2D eigenvalue weighted by atomic mass is 9.70. The Morgan fingerprint density at radius 3 is 2.13 bits per heavy atom. The summed E-state index contributed by atoms with van der Waals surface area (Å²) in [6.07, 6.45) is 5.22. The lowest BCUT2D eigenvalue weighted by molar-refractivity contribution is -0.399. The number of aliphatic hydroxyl groups excluding tert-OH is 6. The summed E-state index contributed by atoms with van der Waals surface area (Å²) in [6, 6.07) is 1.27. The molecule has 4 heterocycles. The van der Waals surface area contributed by atoms with Crippen LogP contribution in [0.1, 0.15) is 79.1 Å². The van der Waals surface area contributed by atoms with Crippen LogP contribution in [0, 0.1) is 17.3 Å². The van der Waals surface area contributed by atoms with E-state index < -0.39 is 144 Å². The number of ether oxygens (including phenoxy) is 8. The molecule has 3 fully saturated rings. The molecule has 3 saturated heterocycles. The highest BCUT2D eigenvalue weighted by atomic mass is 16.8. The maximum absolute atomic E-state index is 14.0. The van der Waals surface area contributed by atoms with Gasteiger partial charge in [-0.3, -0.25) is 14.4 Å². The zero-order valence-corrected chi connectivity index (χ0v) is 47.6. The second-order valence-electron chi connectivity index (χ2n) is 20.8. The summed E-state index contributed by atoms with van der Waals surface area (Å²) in [4.78, 5) is 39.1. The molecule has 0 unspecified atom stereocenters. The van der Waals surface area contributed by atoms with Gasteiger partial charge < -0.3 is 88.6 Å². The summed E-state index contributed by atoms with van der Waals surface area (Å²) in [7, 11) is 5.64. The summed E-state index contributed by atoms with van der Waals surface area (Å²) in [5.41, 5.74) is -1.13. The number of ketones is 1.